The summed E-state index contributed by atoms with van der Waals surface area (Å²) in [6.07, 6.45) is 2.67. The monoisotopic (exact) mass is 243 g/mol. The molecule has 2 rings (SSSR count). The molecular weight excluding hydrogens is 226 g/mol. The molecule has 1 unspecified atom stereocenters. The molecule has 0 radical (unpaired) electrons. The van der Waals surface area contributed by atoms with Gasteiger partial charge in [0.05, 0.1) is 0 Å². The fraction of sp³-hybridized carbons (Fsp3) is 0.286. The van der Waals surface area contributed by atoms with Crippen molar-refractivity contribution in [1.82, 2.24) is 4.90 Å². The predicted octanol–water partition coefficient (Wildman–Crippen LogP) is 2.27. The van der Waals surface area contributed by atoms with Gasteiger partial charge in [-0.05, 0) is 17.5 Å². The van der Waals surface area contributed by atoms with E-state index < -0.39 is 0 Å². The third-order valence-corrected chi connectivity index (χ3v) is 3.09. The number of carbonyl (C=O) groups is 1. The smallest absolute Gasteiger partial charge is 0.346 e. The van der Waals surface area contributed by atoms with Gasteiger partial charge in [0.2, 0.25) is 0 Å². The van der Waals surface area contributed by atoms with Gasteiger partial charge in [0.15, 0.2) is 0 Å². The van der Waals surface area contributed by atoms with E-state index in [9.17, 15) is 4.79 Å². The molecule has 2 N–H and O–H groups in total. The largest absolute Gasteiger partial charge is 0.385 e. The van der Waals surface area contributed by atoms with Gasteiger partial charge < -0.3 is 10.6 Å². The van der Waals surface area contributed by atoms with Gasteiger partial charge in [-0.1, -0.05) is 37.3 Å². The maximum atomic E-state index is 11.7. The van der Waals surface area contributed by atoms with Crippen LogP contribution in [0.5, 0.6) is 0 Å². The van der Waals surface area contributed by atoms with Crippen LogP contribution in [0.4, 0.5) is 4.79 Å². The van der Waals surface area contributed by atoms with Crippen LogP contribution in [0.2, 0.25) is 0 Å². The molecular formula is C14H17N3O. The van der Waals surface area contributed by atoms with E-state index in [1.165, 1.54) is 5.56 Å². The second kappa shape index (κ2) is 5.04. The molecule has 1 aromatic rings. The van der Waals surface area contributed by atoms with Gasteiger partial charge >= 0.3 is 6.03 Å². The Morgan fingerprint density at radius 3 is 2.67 bits per heavy atom. The number of hydrogen-bond donors (Lipinski definition) is 1. The molecule has 18 heavy (non-hydrogen) atoms. The normalized spacial score (nSPS) is 18.9. The third kappa shape index (κ3) is 2.14. The Morgan fingerprint density at radius 1 is 1.44 bits per heavy atom. The van der Waals surface area contributed by atoms with Crippen molar-refractivity contribution in [3.8, 4) is 0 Å². The average Bonchev–Trinajstić information content (AvgIpc) is 2.65. The van der Waals surface area contributed by atoms with Crippen molar-refractivity contribution in [1.29, 1.82) is 0 Å². The van der Waals surface area contributed by atoms with E-state index in [0.29, 0.717) is 12.4 Å². The van der Waals surface area contributed by atoms with E-state index in [1.807, 2.05) is 12.1 Å². The van der Waals surface area contributed by atoms with Crippen molar-refractivity contribution < 1.29 is 4.79 Å². The number of benzene rings is 1. The third-order valence-electron chi connectivity index (χ3n) is 3.09. The van der Waals surface area contributed by atoms with Crippen LogP contribution in [-0.2, 0) is 6.42 Å². The molecule has 0 aliphatic carbocycles. The molecule has 0 bridgehead atoms. The number of nitrogens with zero attached hydrogens (tertiary/aromatic N) is 2. The maximum absolute atomic E-state index is 11.7. The van der Waals surface area contributed by atoms with Crippen LogP contribution in [0.25, 0.3) is 0 Å². The first-order valence-corrected chi connectivity index (χ1v) is 6.01. The quantitative estimate of drug-likeness (QED) is 0.825. The molecule has 1 atom stereocenters. The van der Waals surface area contributed by atoms with E-state index in [2.05, 4.69) is 30.6 Å². The number of aliphatic imine (C=N–C) groups is 1. The molecule has 0 fully saturated rings. The van der Waals surface area contributed by atoms with Gasteiger partial charge in [-0.2, -0.15) is 4.99 Å². The number of urea groups is 1. The van der Waals surface area contributed by atoms with Crippen molar-refractivity contribution in [2.24, 2.45) is 10.7 Å². The molecule has 1 aromatic carbocycles. The topological polar surface area (TPSA) is 58.7 Å². The molecule has 0 aromatic heterocycles. The summed E-state index contributed by atoms with van der Waals surface area (Å²) < 4.78 is 0. The Morgan fingerprint density at radius 2 is 2.11 bits per heavy atom. The molecule has 0 saturated carbocycles. The summed E-state index contributed by atoms with van der Waals surface area (Å²) in [5.41, 5.74) is 8.09. The molecule has 1 aliphatic heterocycles. The van der Waals surface area contributed by atoms with Crippen molar-refractivity contribution >= 4 is 11.9 Å². The molecule has 2 amide bonds. The molecule has 1 aliphatic rings. The lowest BCUT2D eigenvalue weighted by Crippen LogP contribution is -2.33. The number of amides is 2. The lowest BCUT2D eigenvalue weighted by atomic mass is 10.0. The zero-order valence-corrected chi connectivity index (χ0v) is 10.5. The fourth-order valence-corrected chi connectivity index (χ4v) is 2.11. The summed E-state index contributed by atoms with van der Waals surface area (Å²) >= 11 is 0. The predicted molar refractivity (Wildman–Crippen MR) is 72.5 cm³/mol. The minimum absolute atomic E-state index is 0.263. The Hall–Kier alpha value is -2.10. The lowest BCUT2D eigenvalue weighted by molar-refractivity contribution is 0.213. The minimum Gasteiger partial charge on any atom is -0.385 e. The summed E-state index contributed by atoms with van der Waals surface area (Å²) in [4.78, 5) is 17.1. The van der Waals surface area contributed by atoms with Crippen LogP contribution in [-0.4, -0.2) is 23.3 Å². The average molecular weight is 243 g/mol. The number of carbonyl (C=O) groups excluding carboxylic acids is 1. The summed E-state index contributed by atoms with van der Waals surface area (Å²) in [7, 11) is 0. The van der Waals surface area contributed by atoms with Crippen LogP contribution in [0.15, 0.2) is 41.9 Å². The second-order valence-electron chi connectivity index (χ2n) is 4.26. The molecule has 4 heteroatoms. The number of amidine groups is 1. The number of hydrogen-bond acceptors (Lipinski definition) is 2. The Bertz CT molecular complexity index is 490. The standard InChI is InChI=1S/C14H17N3O/c1-3-9-17-12(13(15)16-14(17)18)11-7-5-10(4-2)6-8-11/h3,5-8,12H,1,4,9H2,2H3,(H2,15,16,18). The van der Waals surface area contributed by atoms with E-state index in [4.69, 9.17) is 5.73 Å². The zero-order valence-electron chi connectivity index (χ0n) is 10.5. The highest BCUT2D eigenvalue weighted by molar-refractivity contribution is 6.03. The Kier molecular flexibility index (Phi) is 3.46. The Balaban J connectivity index is 2.31. The summed E-state index contributed by atoms with van der Waals surface area (Å²) in [5.74, 6) is 0.353. The van der Waals surface area contributed by atoms with Crippen molar-refractivity contribution in [3.05, 3.63) is 48.0 Å². The van der Waals surface area contributed by atoms with Gasteiger partial charge in [0.25, 0.3) is 0 Å². The van der Waals surface area contributed by atoms with Gasteiger partial charge in [-0.15, -0.1) is 6.58 Å². The Labute approximate surface area is 107 Å². The number of aryl methyl sites for hydroxylation is 1. The summed E-state index contributed by atoms with van der Waals surface area (Å²) in [6.45, 7) is 6.21. The van der Waals surface area contributed by atoms with Gasteiger partial charge in [-0.3, -0.25) is 0 Å². The van der Waals surface area contributed by atoms with Crippen LogP contribution in [0.1, 0.15) is 24.1 Å². The first-order chi connectivity index (χ1) is 8.67. The van der Waals surface area contributed by atoms with Crippen molar-refractivity contribution in [2.45, 2.75) is 19.4 Å². The molecule has 94 valence electrons. The lowest BCUT2D eigenvalue weighted by Gasteiger charge is -2.23. The second-order valence-corrected chi connectivity index (χ2v) is 4.26. The minimum atomic E-state index is -0.294. The van der Waals surface area contributed by atoms with E-state index >= 15 is 0 Å². The van der Waals surface area contributed by atoms with E-state index in [0.717, 1.165) is 12.0 Å². The van der Waals surface area contributed by atoms with Gasteiger partial charge in [0.1, 0.15) is 11.9 Å². The van der Waals surface area contributed by atoms with Crippen LogP contribution >= 0.6 is 0 Å². The van der Waals surface area contributed by atoms with Crippen LogP contribution < -0.4 is 5.73 Å². The highest BCUT2D eigenvalue weighted by atomic mass is 16.2. The first kappa shape index (κ1) is 12.4. The molecule has 4 nitrogen and oxygen atoms in total. The zero-order chi connectivity index (χ0) is 13.1. The van der Waals surface area contributed by atoms with Gasteiger partial charge in [0, 0.05) is 6.54 Å². The maximum Gasteiger partial charge on any atom is 0.346 e. The van der Waals surface area contributed by atoms with Gasteiger partial charge in [-0.25, -0.2) is 4.79 Å². The summed E-state index contributed by atoms with van der Waals surface area (Å²) in [5, 5.41) is 0. The first-order valence-electron chi connectivity index (χ1n) is 6.01. The van der Waals surface area contributed by atoms with Crippen LogP contribution in [0.3, 0.4) is 0 Å². The van der Waals surface area contributed by atoms with Crippen molar-refractivity contribution in [2.75, 3.05) is 6.54 Å². The molecule has 0 saturated heterocycles. The number of rotatable bonds is 4. The van der Waals surface area contributed by atoms with Crippen LogP contribution in [0, 0.1) is 0 Å². The molecule has 0 spiro atoms. The fourth-order valence-electron chi connectivity index (χ4n) is 2.11. The van der Waals surface area contributed by atoms with E-state index in [-0.39, 0.29) is 12.1 Å². The van der Waals surface area contributed by atoms with Crippen molar-refractivity contribution in [3.63, 3.8) is 0 Å². The summed E-state index contributed by atoms with van der Waals surface area (Å²) in [6, 6.07) is 7.55. The van der Waals surface area contributed by atoms with E-state index in [1.54, 1.807) is 11.0 Å². The number of nitrogens with two attached hydrogens (primary N) is 1. The SMILES string of the molecule is C=CCN1C(=O)N=C(N)C1c1ccc(CC)cc1. The molecule has 1 heterocycles. The highest BCUT2D eigenvalue weighted by Gasteiger charge is 2.33. The highest BCUT2D eigenvalue weighted by Crippen LogP contribution is 2.26.